The van der Waals surface area contributed by atoms with Crippen molar-refractivity contribution >= 4 is 11.8 Å². The molecular weight excluding hydrogens is 298 g/mol. The number of likely N-dealkylation sites (N-methyl/N-ethyl adjacent to an activating group) is 1. The van der Waals surface area contributed by atoms with Crippen molar-refractivity contribution in [1.29, 1.82) is 0 Å². The van der Waals surface area contributed by atoms with Crippen molar-refractivity contribution in [3.63, 3.8) is 0 Å². The zero-order valence-corrected chi connectivity index (χ0v) is 15.3. The lowest BCUT2D eigenvalue weighted by Crippen LogP contribution is -2.53. The van der Waals surface area contributed by atoms with Crippen LogP contribution in [-0.2, 0) is 0 Å². The van der Waals surface area contributed by atoms with Gasteiger partial charge in [-0.2, -0.15) is 4.98 Å². The van der Waals surface area contributed by atoms with Crippen molar-refractivity contribution in [3.05, 3.63) is 12.3 Å². The average Bonchev–Trinajstić information content (AvgIpc) is 3.09. The Hall–Kier alpha value is -1.36. The largest absolute Gasteiger partial charge is 0.355 e. The lowest BCUT2D eigenvalue weighted by Gasteiger charge is -2.60. The molecule has 5 rings (SSSR count). The summed E-state index contributed by atoms with van der Waals surface area (Å²) in [6.07, 6.45) is 7.27. The molecule has 2 N–H and O–H groups in total. The molecule has 4 aliphatic rings. The summed E-state index contributed by atoms with van der Waals surface area (Å²) in [4.78, 5) is 11.6. The van der Waals surface area contributed by atoms with Gasteiger partial charge in [0.2, 0.25) is 5.95 Å². The summed E-state index contributed by atoms with van der Waals surface area (Å²) < 4.78 is 0. The van der Waals surface area contributed by atoms with Crippen LogP contribution in [0.1, 0.15) is 39.5 Å². The van der Waals surface area contributed by atoms with Crippen molar-refractivity contribution in [1.82, 2.24) is 15.3 Å². The molecule has 2 heterocycles. The van der Waals surface area contributed by atoms with Crippen LogP contribution in [0.4, 0.5) is 11.8 Å². The summed E-state index contributed by atoms with van der Waals surface area (Å²) in [5, 5.41) is 6.89. The first-order valence-electron chi connectivity index (χ1n) is 9.57. The molecule has 4 fully saturated rings. The molecule has 3 aliphatic carbocycles. The van der Waals surface area contributed by atoms with E-state index in [1.165, 1.54) is 25.7 Å². The Labute approximate surface area is 145 Å². The number of anilines is 2. The highest BCUT2D eigenvalue weighted by molar-refractivity contribution is 5.43. The molecular formula is C19H31N5. The molecule has 1 aliphatic heterocycles. The lowest BCUT2D eigenvalue weighted by molar-refractivity contribution is -0.100. The topological polar surface area (TPSA) is 53.1 Å². The number of rotatable bonds is 5. The van der Waals surface area contributed by atoms with Crippen LogP contribution < -0.4 is 15.5 Å². The van der Waals surface area contributed by atoms with Gasteiger partial charge in [-0.25, -0.2) is 4.98 Å². The predicted molar refractivity (Wildman–Crippen MR) is 98.3 cm³/mol. The Morgan fingerprint density at radius 3 is 2.88 bits per heavy atom. The molecule has 0 spiro atoms. The molecule has 2 bridgehead atoms. The van der Waals surface area contributed by atoms with Crippen molar-refractivity contribution in [2.24, 2.45) is 23.2 Å². The van der Waals surface area contributed by atoms with Gasteiger partial charge in [-0.3, -0.25) is 0 Å². The molecule has 0 aromatic carbocycles. The number of nitrogens with one attached hydrogen (secondary N) is 2. The van der Waals surface area contributed by atoms with Gasteiger partial charge in [0.15, 0.2) is 0 Å². The van der Waals surface area contributed by atoms with E-state index in [4.69, 9.17) is 4.98 Å². The van der Waals surface area contributed by atoms with E-state index in [-0.39, 0.29) is 0 Å². The van der Waals surface area contributed by atoms with Gasteiger partial charge >= 0.3 is 0 Å². The number of hydrogen-bond donors (Lipinski definition) is 2. The highest BCUT2D eigenvalue weighted by atomic mass is 15.3. The second-order valence-electron chi connectivity index (χ2n) is 8.54. The number of fused-ring (bicyclic) bond motifs is 2. The normalized spacial score (nSPS) is 34.0. The van der Waals surface area contributed by atoms with Crippen LogP contribution in [0.3, 0.4) is 0 Å². The maximum absolute atomic E-state index is 4.76. The van der Waals surface area contributed by atoms with Gasteiger partial charge in [-0.1, -0.05) is 13.8 Å². The van der Waals surface area contributed by atoms with E-state index in [9.17, 15) is 0 Å². The Morgan fingerprint density at radius 1 is 1.29 bits per heavy atom. The first kappa shape index (κ1) is 16.1. The fraction of sp³-hybridized carbons (Fsp3) is 0.789. The first-order chi connectivity index (χ1) is 11.6. The van der Waals surface area contributed by atoms with E-state index >= 15 is 0 Å². The molecule has 5 nitrogen and oxygen atoms in total. The van der Waals surface area contributed by atoms with Crippen LogP contribution in [0, 0.1) is 23.2 Å². The van der Waals surface area contributed by atoms with Crippen molar-refractivity contribution < 1.29 is 0 Å². The Morgan fingerprint density at radius 2 is 2.17 bits per heavy atom. The monoisotopic (exact) mass is 329 g/mol. The van der Waals surface area contributed by atoms with Crippen molar-refractivity contribution in [2.45, 2.75) is 45.6 Å². The third-order valence-electron chi connectivity index (χ3n) is 7.09. The number of nitrogens with zero attached hydrogens (tertiary/aromatic N) is 3. The van der Waals surface area contributed by atoms with E-state index in [0.717, 1.165) is 49.2 Å². The minimum absolute atomic E-state index is 0.547. The summed E-state index contributed by atoms with van der Waals surface area (Å²) in [5.74, 6) is 4.46. The maximum Gasteiger partial charge on any atom is 0.224 e. The summed E-state index contributed by atoms with van der Waals surface area (Å²) in [6, 6.07) is 2.61. The highest BCUT2D eigenvalue weighted by Gasteiger charge is 2.53. The van der Waals surface area contributed by atoms with Gasteiger partial charge in [0.05, 0.1) is 0 Å². The summed E-state index contributed by atoms with van der Waals surface area (Å²) in [5.41, 5.74) is 0.547. The predicted octanol–water partition coefficient (Wildman–Crippen LogP) is 2.76. The quantitative estimate of drug-likeness (QED) is 0.870. The molecule has 132 valence electrons. The zero-order chi connectivity index (χ0) is 16.7. The van der Waals surface area contributed by atoms with Gasteiger partial charge < -0.3 is 15.5 Å². The van der Waals surface area contributed by atoms with Gasteiger partial charge in [0.1, 0.15) is 5.82 Å². The molecule has 0 amide bonds. The maximum atomic E-state index is 4.76. The Balaban J connectivity index is 1.36. The molecule has 1 aromatic heterocycles. The SMILES string of the molecule is CN[C@@H]1CCN(c2ccnc(NC[C@H]3CC[C@H]4C[C@H]3C4(C)C)n2)C1. The fourth-order valence-corrected chi connectivity index (χ4v) is 5.24. The van der Waals surface area contributed by atoms with E-state index in [2.05, 4.69) is 34.4 Å². The van der Waals surface area contributed by atoms with E-state index in [0.29, 0.717) is 11.5 Å². The molecule has 1 aromatic rings. The number of hydrogen-bond acceptors (Lipinski definition) is 5. The summed E-state index contributed by atoms with van der Waals surface area (Å²) in [6.45, 7) is 8.04. The van der Waals surface area contributed by atoms with Gasteiger partial charge in [0, 0.05) is 31.9 Å². The van der Waals surface area contributed by atoms with Crippen LogP contribution in [-0.4, -0.2) is 42.7 Å². The minimum Gasteiger partial charge on any atom is -0.355 e. The highest BCUT2D eigenvalue weighted by Crippen LogP contribution is 2.61. The van der Waals surface area contributed by atoms with Gasteiger partial charge in [-0.05, 0) is 62.0 Å². The van der Waals surface area contributed by atoms with E-state index in [1.807, 2.05) is 19.3 Å². The smallest absolute Gasteiger partial charge is 0.224 e. The zero-order valence-electron chi connectivity index (χ0n) is 15.3. The fourth-order valence-electron chi connectivity index (χ4n) is 5.24. The molecule has 1 saturated heterocycles. The van der Waals surface area contributed by atoms with E-state index < -0.39 is 0 Å². The van der Waals surface area contributed by atoms with Gasteiger partial charge in [0.25, 0.3) is 0 Å². The number of aromatic nitrogens is 2. The minimum atomic E-state index is 0.547. The Bertz CT molecular complexity index is 585. The van der Waals surface area contributed by atoms with Crippen molar-refractivity contribution in [2.75, 3.05) is 36.9 Å². The second kappa shape index (κ2) is 6.17. The molecule has 4 atom stereocenters. The average molecular weight is 329 g/mol. The molecule has 0 radical (unpaired) electrons. The molecule has 5 heteroatoms. The van der Waals surface area contributed by atoms with Crippen LogP contribution >= 0.6 is 0 Å². The van der Waals surface area contributed by atoms with E-state index in [1.54, 1.807) is 0 Å². The lowest BCUT2D eigenvalue weighted by atomic mass is 9.45. The summed E-state index contributed by atoms with van der Waals surface area (Å²) >= 11 is 0. The van der Waals surface area contributed by atoms with Crippen molar-refractivity contribution in [3.8, 4) is 0 Å². The van der Waals surface area contributed by atoms with Crippen LogP contribution in [0.5, 0.6) is 0 Å². The molecule has 0 unspecified atom stereocenters. The van der Waals surface area contributed by atoms with Crippen LogP contribution in [0.25, 0.3) is 0 Å². The summed E-state index contributed by atoms with van der Waals surface area (Å²) in [7, 11) is 2.04. The first-order valence-corrected chi connectivity index (χ1v) is 9.57. The Kier molecular flexibility index (Phi) is 4.15. The third kappa shape index (κ3) is 2.77. The third-order valence-corrected chi connectivity index (χ3v) is 7.09. The second-order valence-corrected chi connectivity index (χ2v) is 8.54. The standard InChI is InChI=1S/C19H31N5/c1-19(2)14-5-4-13(16(19)10-14)11-22-18-21-8-6-17(23-18)24-9-7-15(12-24)20-3/h6,8,13-16,20H,4-5,7,9-12H2,1-3H3,(H,21,22,23)/t13-,14+,15-,16-/m1/s1. The molecule has 3 saturated carbocycles. The van der Waals surface area contributed by atoms with Crippen LogP contribution in [0.15, 0.2) is 12.3 Å². The van der Waals surface area contributed by atoms with Crippen LogP contribution in [0.2, 0.25) is 0 Å². The van der Waals surface area contributed by atoms with Gasteiger partial charge in [-0.15, -0.1) is 0 Å². The molecule has 24 heavy (non-hydrogen) atoms.